The van der Waals surface area contributed by atoms with Gasteiger partial charge in [0.05, 0.1) is 11.5 Å². The number of phenols is 2. The summed E-state index contributed by atoms with van der Waals surface area (Å²) < 4.78 is 73.9. The van der Waals surface area contributed by atoms with Crippen molar-refractivity contribution in [2.45, 2.75) is 83.0 Å². The van der Waals surface area contributed by atoms with Crippen LogP contribution in [0.2, 0.25) is 0 Å². The minimum atomic E-state index is -5.43. The normalized spacial score (nSPS) is 24.0. The van der Waals surface area contributed by atoms with Crippen molar-refractivity contribution in [1.82, 2.24) is 5.32 Å². The second-order valence-corrected chi connectivity index (χ2v) is 11.2. The van der Waals surface area contributed by atoms with Crippen molar-refractivity contribution in [1.29, 1.82) is 0 Å². The SMILES string of the molecule is CC(=O)OC[C@H]1O[C@@H](O[C@@H]2CCCc3c2c(O)c2oc4ccccc4c(=O)c2c3O)[C@H](NC(=O)C(F)(F)F)[C@@H](OC(C)=O)[C@@H]1OC(C)=O. The molecule has 0 spiro atoms. The molecule has 258 valence electrons. The van der Waals surface area contributed by atoms with Crippen LogP contribution in [-0.2, 0) is 49.3 Å². The van der Waals surface area contributed by atoms with E-state index in [0.717, 1.165) is 20.8 Å². The highest BCUT2D eigenvalue weighted by molar-refractivity contribution is 5.97. The molecule has 48 heavy (non-hydrogen) atoms. The third kappa shape index (κ3) is 6.73. The molecular formula is C31H30F3NO13. The lowest BCUT2D eigenvalue weighted by Crippen LogP contribution is -2.67. The van der Waals surface area contributed by atoms with Crippen molar-refractivity contribution >= 4 is 45.8 Å². The number of para-hydroxylation sites is 1. The van der Waals surface area contributed by atoms with E-state index in [-0.39, 0.29) is 52.3 Å². The Kier molecular flexibility index (Phi) is 9.55. The summed E-state index contributed by atoms with van der Waals surface area (Å²) in [5.74, 6) is -6.41. The molecule has 17 heteroatoms. The highest BCUT2D eigenvalue weighted by Gasteiger charge is 2.54. The van der Waals surface area contributed by atoms with Gasteiger partial charge in [0.1, 0.15) is 35.5 Å². The maximum absolute atomic E-state index is 13.5. The highest BCUT2D eigenvalue weighted by Crippen LogP contribution is 2.48. The van der Waals surface area contributed by atoms with Gasteiger partial charge >= 0.3 is 30.0 Å². The average molecular weight is 682 g/mol. The molecule has 1 saturated heterocycles. The molecular weight excluding hydrogens is 651 g/mol. The second kappa shape index (κ2) is 13.3. The van der Waals surface area contributed by atoms with Crippen LogP contribution in [0, 0.1) is 0 Å². The number of carbonyl (C=O) groups is 4. The van der Waals surface area contributed by atoms with Crippen LogP contribution in [0.25, 0.3) is 21.9 Å². The molecule has 1 amide bonds. The number of phenolic OH excluding ortho intramolecular Hbond substituents is 2. The van der Waals surface area contributed by atoms with E-state index in [9.17, 15) is 47.4 Å². The Hall–Kier alpha value is -4.90. The Labute approximate surface area is 268 Å². The van der Waals surface area contributed by atoms with Crippen molar-refractivity contribution < 1.29 is 70.7 Å². The van der Waals surface area contributed by atoms with E-state index in [1.165, 1.54) is 12.1 Å². The summed E-state index contributed by atoms with van der Waals surface area (Å²) in [5.41, 5.74) is -0.881. The first-order chi connectivity index (χ1) is 22.6. The van der Waals surface area contributed by atoms with Gasteiger partial charge in [-0.1, -0.05) is 12.1 Å². The molecule has 0 bridgehead atoms. The first-order valence-corrected chi connectivity index (χ1v) is 14.7. The minimum Gasteiger partial charge on any atom is -0.507 e. The van der Waals surface area contributed by atoms with Gasteiger partial charge in [0.2, 0.25) is 5.43 Å². The maximum Gasteiger partial charge on any atom is 0.471 e. The number of aromatic hydroxyl groups is 2. The summed E-state index contributed by atoms with van der Waals surface area (Å²) in [7, 11) is 0. The predicted molar refractivity (Wildman–Crippen MR) is 154 cm³/mol. The number of nitrogens with one attached hydrogen (secondary N) is 1. The summed E-state index contributed by atoms with van der Waals surface area (Å²) in [4.78, 5) is 61.4. The molecule has 14 nitrogen and oxygen atoms in total. The molecule has 3 aromatic rings. The number of carbonyl (C=O) groups excluding carboxylic acids is 4. The summed E-state index contributed by atoms with van der Waals surface area (Å²) >= 11 is 0. The number of fused-ring (bicyclic) bond motifs is 3. The zero-order valence-electron chi connectivity index (χ0n) is 25.6. The van der Waals surface area contributed by atoms with E-state index in [0.29, 0.717) is 0 Å². The number of benzene rings is 2. The van der Waals surface area contributed by atoms with Crippen LogP contribution in [0.4, 0.5) is 13.2 Å². The molecule has 3 N–H and O–H groups in total. The molecule has 0 unspecified atom stereocenters. The molecule has 5 rings (SSSR count). The lowest BCUT2D eigenvalue weighted by atomic mass is 9.86. The number of alkyl halides is 3. The fraction of sp³-hybridized carbons (Fsp3) is 0.452. The van der Waals surface area contributed by atoms with E-state index >= 15 is 0 Å². The zero-order chi connectivity index (χ0) is 35.1. The quantitative estimate of drug-likeness (QED) is 0.143. The fourth-order valence-electron chi connectivity index (χ4n) is 5.98. The number of amides is 1. The lowest BCUT2D eigenvalue weighted by Gasteiger charge is -2.46. The Morgan fingerprint density at radius 1 is 0.979 bits per heavy atom. The lowest BCUT2D eigenvalue weighted by molar-refractivity contribution is -0.291. The van der Waals surface area contributed by atoms with Gasteiger partial charge in [0.25, 0.3) is 0 Å². The number of rotatable bonds is 7. The first kappa shape index (κ1) is 34.4. The van der Waals surface area contributed by atoms with Crippen LogP contribution in [0.15, 0.2) is 33.5 Å². The van der Waals surface area contributed by atoms with E-state index in [1.54, 1.807) is 17.4 Å². The van der Waals surface area contributed by atoms with Crippen molar-refractivity contribution in [2.24, 2.45) is 0 Å². The molecule has 1 aromatic heterocycles. The molecule has 0 radical (unpaired) electrons. The largest absolute Gasteiger partial charge is 0.507 e. The topological polar surface area (TPSA) is 197 Å². The third-order valence-corrected chi connectivity index (χ3v) is 7.89. The van der Waals surface area contributed by atoms with Crippen LogP contribution >= 0.6 is 0 Å². The van der Waals surface area contributed by atoms with Crippen molar-refractivity contribution in [2.75, 3.05) is 6.61 Å². The number of esters is 3. The van der Waals surface area contributed by atoms with Crippen LogP contribution in [-0.4, -0.2) is 77.5 Å². The van der Waals surface area contributed by atoms with Gasteiger partial charge in [-0.05, 0) is 31.4 Å². The van der Waals surface area contributed by atoms with Gasteiger partial charge < -0.3 is 43.6 Å². The number of hydrogen-bond donors (Lipinski definition) is 3. The monoisotopic (exact) mass is 681 g/mol. The molecule has 2 heterocycles. The van der Waals surface area contributed by atoms with Crippen molar-refractivity contribution in [3.8, 4) is 11.5 Å². The van der Waals surface area contributed by atoms with E-state index in [2.05, 4.69) is 0 Å². The van der Waals surface area contributed by atoms with Gasteiger partial charge in [-0.25, -0.2) is 0 Å². The van der Waals surface area contributed by atoms with Crippen LogP contribution in [0.5, 0.6) is 11.5 Å². The van der Waals surface area contributed by atoms with Crippen LogP contribution in [0.1, 0.15) is 50.8 Å². The van der Waals surface area contributed by atoms with E-state index in [1.807, 2.05) is 0 Å². The number of hydrogen-bond acceptors (Lipinski definition) is 13. The summed E-state index contributed by atoms with van der Waals surface area (Å²) in [6, 6.07) is 4.13. The van der Waals surface area contributed by atoms with Crippen LogP contribution < -0.4 is 10.7 Å². The van der Waals surface area contributed by atoms with Crippen LogP contribution in [0.3, 0.4) is 0 Å². The minimum absolute atomic E-state index is 0.0724. The van der Waals surface area contributed by atoms with Crippen molar-refractivity contribution in [3.63, 3.8) is 0 Å². The Morgan fingerprint density at radius 3 is 2.29 bits per heavy atom. The molecule has 1 aliphatic heterocycles. The smallest absolute Gasteiger partial charge is 0.471 e. The maximum atomic E-state index is 13.5. The summed E-state index contributed by atoms with van der Waals surface area (Å²) in [6.07, 6.45) is -13.2. The van der Waals surface area contributed by atoms with Gasteiger partial charge in [0, 0.05) is 31.9 Å². The summed E-state index contributed by atoms with van der Waals surface area (Å²) in [6.45, 7) is 2.27. The van der Waals surface area contributed by atoms with E-state index < -0.39 is 90.3 Å². The predicted octanol–water partition coefficient (Wildman–Crippen LogP) is 2.95. The molecule has 2 aromatic carbocycles. The fourth-order valence-corrected chi connectivity index (χ4v) is 5.98. The van der Waals surface area contributed by atoms with Gasteiger partial charge in [-0.2, -0.15) is 13.2 Å². The third-order valence-electron chi connectivity index (χ3n) is 7.89. The van der Waals surface area contributed by atoms with E-state index in [4.69, 9.17) is 28.1 Å². The second-order valence-electron chi connectivity index (χ2n) is 11.2. The molecule has 1 aliphatic carbocycles. The molecule has 6 atom stereocenters. The molecule has 0 saturated carbocycles. The highest BCUT2D eigenvalue weighted by atomic mass is 19.4. The van der Waals surface area contributed by atoms with Crippen molar-refractivity contribution in [3.05, 3.63) is 45.6 Å². The first-order valence-electron chi connectivity index (χ1n) is 14.7. The Balaban J connectivity index is 1.63. The molecule has 1 fully saturated rings. The number of ether oxygens (including phenoxy) is 5. The number of halogens is 3. The Morgan fingerprint density at radius 2 is 1.65 bits per heavy atom. The van der Waals surface area contributed by atoms with Gasteiger partial charge in [-0.3, -0.25) is 24.0 Å². The molecule has 2 aliphatic rings. The Bertz CT molecular complexity index is 1840. The average Bonchev–Trinajstić information content (AvgIpc) is 3.00. The standard InChI is InChI=1S/C31H30F3NO13/c1-12(36)43-11-19-26(44-13(2)37)28(45-14(3)38)22(35-30(42)31(32,33)34)29(48-19)47-18-10-6-8-16-20(18)25(41)27-21(24(16)40)23(39)15-7-4-5-9-17(15)46-27/h4-5,7,9,18-19,22,26,28-29,40-41H,6,8,10-11H2,1-3H3,(H,35,42)/t18-,19-,22-,26-,28-,29-/m1/s1. The summed E-state index contributed by atoms with van der Waals surface area (Å²) in [5, 5.41) is 24.3. The van der Waals surface area contributed by atoms with Gasteiger partial charge in [0.15, 0.2) is 29.8 Å². The zero-order valence-corrected chi connectivity index (χ0v) is 25.6. The van der Waals surface area contributed by atoms with Gasteiger partial charge in [-0.15, -0.1) is 0 Å².